The molecule has 1 amide bonds. The van der Waals surface area contributed by atoms with Crippen LogP contribution >= 0.6 is 0 Å². The lowest BCUT2D eigenvalue weighted by Crippen LogP contribution is -2.45. The van der Waals surface area contributed by atoms with Crippen molar-refractivity contribution in [3.05, 3.63) is 29.3 Å². The number of piperidine rings is 1. The quantitative estimate of drug-likeness (QED) is 0.741. The highest BCUT2D eigenvalue weighted by atomic mass is 19.4. The number of likely N-dealkylation sites (tertiary alicyclic amines) is 1. The van der Waals surface area contributed by atoms with Gasteiger partial charge in [-0.15, -0.1) is 0 Å². The predicted octanol–water partition coefficient (Wildman–Crippen LogP) is 3.74. The number of carboxylic acids is 1. The molecule has 5 rings (SSSR count). The third-order valence-electron chi connectivity index (χ3n) is 8.11. The molecule has 3 fully saturated rings. The molecule has 1 saturated carbocycles. The topological polar surface area (TPSA) is 70.1 Å². The number of carbonyl (C=O) groups excluding carboxylic acids is 1. The average molecular weight is 452 g/mol. The Hall–Kier alpha value is -2.29. The summed E-state index contributed by atoms with van der Waals surface area (Å²) in [5.41, 5.74) is -0.976. The second-order valence-corrected chi connectivity index (χ2v) is 9.78. The number of halogens is 3. The van der Waals surface area contributed by atoms with Crippen LogP contribution < -0.4 is 4.74 Å². The number of carboxylic acid groups (broad SMARTS) is 1. The molecule has 0 bridgehead atoms. The van der Waals surface area contributed by atoms with Gasteiger partial charge in [0.25, 0.3) is 0 Å². The number of amides is 1. The molecule has 32 heavy (non-hydrogen) atoms. The number of aliphatic carboxylic acids is 1. The van der Waals surface area contributed by atoms with Crippen LogP contribution in [0.3, 0.4) is 0 Å². The van der Waals surface area contributed by atoms with Crippen LogP contribution in [0.1, 0.15) is 50.2 Å². The van der Waals surface area contributed by atoms with Crippen molar-refractivity contribution < 1.29 is 32.6 Å². The number of alkyl halides is 3. The first-order valence-electron chi connectivity index (χ1n) is 11.2. The Morgan fingerprint density at radius 1 is 1.28 bits per heavy atom. The van der Waals surface area contributed by atoms with Crippen molar-refractivity contribution in [2.24, 2.45) is 17.3 Å². The Morgan fingerprint density at radius 2 is 2.06 bits per heavy atom. The van der Waals surface area contributed by atoms with Crippen LogP contribution in [0.25, 0.3) is 0 Å². The van der Waals surface area contributed by atoms with E-state index in [0.29, 0.717) is 37.1 Å². The lowest BCUT2D eigenvalue weighted by Gasteiger charge is -2.36. The van der Waals surface area contributed by atoms with Crippen molar-refractivity contribution in [2.45, 2.75) is 64.0 Å². The van der Waals surface area contributed by atoms with E-state index >= 15 is 0 Å². The highest BCUT2D eigenvalue weighted by Gasteiger charge is 2.62. The highest BCUT2D eigenvalue weighted by molar-refractivity contribution is 5.86. The first kappa shape index (κ1) is 21.6. The maximum Gasteiger partial charge on any atom is 0.416 e. The maximum absolute atomic E-state index is 13.6. The fourth-order valence-electron chi connectivity index (χ4n) is 6.28. The van der Waals surface area contributed by atoms with Gasteiger partial charge in [0.05, 0.1) is 23.4 Å². The molecule has 1 aromatic carbocycles. The fourth-order valence-corrected chi connectivity index (χ4v) is 6.28. The summed E-state index contributed by atoms with van der Waals surface area (Å²) >= 11 is 0. The maximum atomic E-state index is 13.6. The van der Waals surface area contributed by atoms with Gasteiger partial charge in [0.15, 0.2) is 6.23 Å². The Morgan fingerprint density at radius 3 is 2.78 bits per heavy atom. The molecule has 0 aromatic heterocycles. The highest BCUT2D eigenvalue weighted by Crippen LogP contribution is 2.55. The molecule has 9 heteroatoms. The van der Waals surface area contributed by atoms with Crippen LogP contribution in [-0.4, -0.2) is 52.1 Å². The van der Waals surface area contributed by atoms with Crippen molar-refractivity contribution in [1.29, 1.82) is 0 Å². The third kappa shape index (κ3) is 3.27. The molecule has 5 atom stereocenters. The second kappa shape index (κ2) is 7.37. The van der Waals surface area contributed by atoms with E-state index in [1.54, 1.807) is 4.90 Å². The van der Waals surface area contributed by atoms with E-state index in [9.17, 15) is 27.9 Å². The average Bonchev–Trinajstić information content (AvgIpc) is 3.29. The monoisotopic (exact) mass is 452 g/mol. The Balaban J connectivity index is 1.36. The van der Waals surface area contributed by atoms with E-state index in [-0.39, 0.29) is 30.3 Å². The lowest BCUT2D eigenvalue weighted by molar-refractivity contribution is -0.144. The number of fused-ring (bicyclic) bond motifs is 2. The van der Waals surface area contributed by atoms with Crippen LogP contribution in [0, 0.1) is 17.3 Å². The molecule has 3 aliphatic heterocycles. The first-order chi connectivity index (χ1) is 15.1. The molecular formula is C23H27F3N2O4. The van der Waals surface area contributed by atoms with Crippen LogP contribution in [0.2, 0.25) is 0 Å². The molecule has 1 spiro atoms. The molecule has 3 heterocycles. The number of ether oxygens (including phenoxy) is 1. The normalized spacial score (nSPS) is 35.0. The van der Waals surface area contributed by atoms with Gasteiger partial charge >= 0.3 is 12.1 Å². The zero-order chi connectivity index (χ0) is 22.8. The summed E-state index contributed by atoms with van der Waals surface area (Å²) in [7, 11) is 0. The van der Waals surface area contributed by atoms with Crippen molar-refractivity contribution in [1.82, 2.24) is 9.80 Å². The van der Waals surface area contributed by atoms with Gasteiger partial charge in [0.2, 0.25) is 5.91 Å². The van der Waals surface area contributed by atoms with Gasteiger partial charge in [-0.3, -0.25) is 14.5 Å². The molecule has 1 aromatic rings. The second-order valence-electron chi connectivity index (χ2n) is 9.78. The van der Waals surface area contributed by atoms with Crippen LogP contribution in [0.4, 0.5) is 13.2 Å². The van der Waals surface area contributed by atoms with Crippen molar-refractivity contribution >= 4 is 11.9 Å². The third-order valence-corrected chi connectivity index (χ3v) is 8.11. The first-order valence-corrected chi connectivity index (χ1v) is 11.2. The molecule has 1 N–H and O–H groups in total. The molecule has 6 nitrogen and oxygen atoms in total. The minimum absolute atomic E-state index is 0.0487. The number of hydrogen-bond acceptors (Lipinski definition) is 4. The smallest absolute Gasteiger partial charge is 0.416 e. The Labute approximate surface area is 184 Å². The summed E-state index contributed by atoms with van der Waals surface area (Å²) in [6, 6.07) is 3.59. The number of carbonyl (C=O) groups is 2. The van der Waals surface area contributed by atoms with Gasteiger partial charge in [-0.1, -0.05) is 6.92 Å². The summed E-state index contributed by atoms with van der Waals surface area (Å²) in [4.78, 5) is 28.9. The molecule has 4 aliphatic rings. The SMILES string of the molecule is CC1C2Oc3ccc(C(F)(F)F)cc3CN2C(=O)[C@]12CC[C@@H](N1CCCC(C(=O)O)C1)C2. The minimum atomic E-state index is -4.45. The van der Waals surface area contributed by atoms with Gasteiger partial charge in [-0.2, -0.15) is 13.2 Å². The number of hydrogen-bond donors (Lipinski definition) is 1. The summed E-state index contributed by atoms with van der Waals surface area (Å²) in [6.45, 7) is 3.46. The van der Waals surface area contributed by atoms with Crippen molar-refractivity contribution in [3.63, 3.8) is 0 Å². The van der Waals surface area contributed by atoms with Gasteiger partial charge in [0, 0.05) is 24.1 Å². The van der Waals surface area contributed by atoms with Crippen molar-refractivity contribution in [2.75, 3.05) is 13.1 Å². The Kier molecular flexibility index (Phi) is 4.96. The van der Waals surface area contributed by atoms with E-state index in [2.05, 4.69) is 4.90 Å². The largest absolute Gasteiger partial charge is 0.481 e. The summed E-state index contributed by atoms with van der Waals surface area (Å²) in [5.74, 6) is -0.882. The zero-order valence-corrected chi connectivity index (χ0v) is 17.9. The summed E-state index contributed by atoms with van der Waals surface area (Å²) in [6.07, 6.45) is -1.28. The molecule has 174 valence electrons. The van der Waals surface area contributed by atoms with Gasteiger partial charge < -0.3 is 14.7 Å². The molecular weight excluding hydrogens is 425 g/mol. The van der Waals surface area contributed by atoms with E-state index in [0.717, 1.165) is 31.5 Å². The number of rotatable bonds is 2. The molecule has 2 saturated heterocycles. The molecule has 0 radical (unpaired) electrons. The molecule has 3 unspecified atom stereocenters. The van der Waals surface area contributed by atoms with Crippen LogP contribution in [-0.2, 0) is 22.3 Å². The van der Waals surface area contributed by atoms with Gasteiger partial charge in [0.1, 0.15) is 5.75 Å². The van der Waals surface area contributed by atoms with Crippen LogP contribution in [0.15, 0.2) is 18.2 Å². The Bertz CT molecular complexity index is 952. The van der Waals surface area contributed by atoms with Crippen molar-refractivity contribution in [3.8, 4) is 5.75 Å². The molecule has 1 aliphatic carbocycles. The van der Waals surface area contributed by atoms with E-state index in [4.69, 9.17) is 4.74 Å². The predicted molar refractivity (Wildman–Crippen MR) is 108 cm³/mol. The van der Waals surface area contributed by atoms with Crippen LogP contribution in [0.5, 0.6) is 5.75 Å². The summed E-state index contributed by atoms with van der Waals surface area (Å²) in [5, 5.41) is 9.41. The van der Waals surface area contributed by atoms with E-state index in [1.807, 2.05) is 6.92 Å². The lowest BCUT2D eigenvalue weighted by atomic mass is 9.76. The summed E-state index contributed by atoms with van der Waals surface area (Å²) < 4.78 is 45.5. The zero-order valence-electron chi connectivity index (χ0n) is 17.9. The van der Waals surface area contributed by atoms with Gasteiger partial charge in [-0.05, 0) is 56.8 Å². The minimum Gasteiger partial charge on any atom is -0.481 e. The number of nitrogens with zero attached hydrogens (tertiary/aromatic N) is 2. The van der Waals surface area contributed by atoms with E-state index < -0.39 is 29.4 Å². The fraction of sp³-hybridized carbons (Fsp3) is 0.652. The standard InChI is InChI=1S/C23H27F3N2O4/c1-13-19-28(12-15-9-16(23(24,25)26)4-5-18(15)32-19)21(31)22(13)7-6-17(10-22)27-8-2-3-14(11-27)20(29)30/h4-5,9,13-14,17,19H,2-3,6-8,10-12H2,1H3,(H,29,30)/t13?,14?,17-,19?,22+/m1/s1. The van der Waals surface area contributed by atoms with E-state index in [1.165, 1.54) is 6.07 Å². The number of benzene rings is 1. The van der Waals surface area contributed by atoms with Gasteiger partial charge in [-0.25, -0.2) is 0 Å².